The van der Waals surface area contributed by atoms with Crippen molar-refractivity contribution in [3.8, 4) is 0 Å². The minimum atomic E-state index is -1.79. The summed E-state index contributed by atoms with van der Waals surface area (Å²) in [5.41, 5.74) is 0. The fraction of sp³-hybridized carbons (Fsp3) is 0.827. The van der Waals surface area contributed by atoms with Gasteiger partial charge in [0.25, 0.3) is 0 Å². The van der Waals surface area contributed by atoms with Crippen LogP contribution in [0.25, 0.3) is 0 Å². The topological polar surface area (TPSA) is 228 Å². The van der Waals surface area contributed by atoms with Gasteiger partial charge >= 0.3 is 0 Å². The van der Waals surface area contributed by atoms with Crippen molar-refractivity contribution in [2.45, 2.75) is 376 Å². The number of carbonyl (C=O) groups excluding carboxylic acids is 1. The summed E-state index contributed by atoms with van der Waals surface area (Å²) in [5, 5.41) is 87.4. The number of nitrogens with one attached hydrogen (secondary N) is 1. The summed E-state index contributed by atoms with van der Waals surface area (Å²) in [4.78, 5) is 13.3. The number of aliphatic hydroxyl groups excluding tert-OH is 8. The first kappa shape index (κ1) is 82.5. The monoisotopic (exact) mass is 1260 g/mol. The molecule has 2 fully saturated rings. The number of carbonyl (C=O) groups is 1. The molecule has 0 radical (unpaired) electrons. The molecule has 12 atom stereocenters. The summed E-state index contributed by atoms with van der Waals surface area (Å²) in [5.74, 6) is -0.245. The molecule has 0 bridgehead atoms. The van der Waals surface area contributed by atoms with Crippen LogP contribution >= 0.6 is 0 Å². The third-order valence-electron chi connectivity index (χ3n) is 17.6. The molecule has 2 heterocycles. The Labute approximate surface area is 542 Å². The van der Waals surface area contributed by atoms with E-state index in [0.29, 0.717) is 12.8 Å². The van der Waals surface area contributed by atoms with Crippen molar-refractivity contribution < 1.29 is 64.6 Å². The van der Waals surface area contributed by atoms with E-state index in [-0.39, 0.29) is 18.9 Å². The molecule has 518 valence electrons. The SMILES string of the molecule is CC/C=C\C/C=C\C/C=C\C/C=C\CCCCCCCCCCCCCCCCCCCCCCCCCCC(=O)NC(COC1OC(CO)C(OC2OC(CO)C(O)C(O)C2O)C(O)C1O)C(O)/C=C/CC/C=C/CCCCCCCCCCCCCC. The van der Waals surface area contributed by atoms with Gasteiger partial charge in [-0.05, 0) is 70.6 Å². The molecule has 0 aromatic carbocycles. The highest BCUT2D eigenvalue weighted by molar-refractivity contribution is 5.76. The van der Waals surface area contributed by atoms with Crippen molar-refractivity contribution in [1.29, 1.82) is 0 Å². The highest BCUT2D eigenvalue weighted by Gasteiger charge is 2.51. The van der Waals surface area contributed by atoms with Crippen molar-refractivity contribution in [3.63, 3.8) is 0 Å². The number of ether oxygens (including phenoxy) is 4. The van der Waals surface area contributed by atoms with E-state index in [1.807, 2.05) is 6.08 Å². The van der Waals surface area contributed by atoms with E-state index in [2.05, 4.69) is 79.9 Å². The number of rotatable bonds is 60. The normalized spacial score (nSPS) is 23.4. The van der Waals surface area contributed by atoms with Gasteiger partial charge in [-0.1, -0.05) is 299 Å². The standard InChI is InChI=1S/C75H135NO13/c1-3-5-7-9-11-13-15-17-19-21-23-24-25-26-27-28-29-30-31-32-33-34-35-36-37-38-39-40-41-43-45-47-49-51-53-55-57-59-67(80)76-63(64(79)58-56-54-52-50-48-46-44-42-22-20-18-16-14-12-10-8-6-4-2)62-86-74-72(85)70(83)73(66(61-78)88-74)89-75-71(84)69(82)68(81)65(60-77)87-75/h5,7,11,13,17,19,23-24,48,50,56,58,63-66,68-75,77-79,81-85H,3-4,6,8-10,12,14-16,18,20-22,25-47,49,51-55,57,59-62H2,1-2H3,(H,76,80)/b7-5-,13-11-,19-17-,24-23-,50-48+,58-56+. The van der Waals surface area contributed by atoms with E-state index in [1.54, 1.807) is 6.08 Å². The first-order valence-corrected chi connectivity index (χ1v) is 36.7. The lowest BCUT2D eigenvalue weighted by atomic mass is 9.97. The van der Waals surface area contributed by atoms with Gasteiger partial charge in [-0.3, -0.25) is 4.79 Å². The molecule has 0 spiro atoms. The van der Waals surface area contributed by atoms with Crippen LogP contribution in [-0.2, 0) is 23.7 Å². The number of hydrogen-bond donors (Lipinski definition) is 9. The third-order valence-corrected chi connectivity index (χ3v) is 17.6. The molecular formula is C75H135NO13. The molecule has 0 aliphatic carbocycles. The maximum Gasteiger partial charge on any atom is 0.220 e. The summed E-state index contributed by atoms with van der Waals surface area (Å²) in [6, 6.07) is -0.932. The van der Waals surface area contributed by atoms with Crippen LogP contribution in [0.2, 0.25) is 0 Å². The first-order chi connectivity index (χ1) is 43.6. The Morgan fingerprint density at radius 1 is 0.416 bits per heavy atom. The predicted molar refractivity (Wildman–Crippen MR) is 364 cm³/mol. The molecule has 0 aromatic rings. The number of amides is 1. The van der Waals surface area contributed by atoms with Crippen LogP contribution in [0.1, 0.15) is 303 Å². The predicted octanol–water partition coefficient (Wildman–Crippen LogP) is 15.4. The molecule has 9 N–H and O–H groups in total. The second-order valence-corrected chi connectivity index (χ2v) is 25.7. The van der Waals surface area contributed by atoms with E-state index in [9.17, 15) is 45.6 Å². The largest absolute Gasteiger partial charge is 0.394 e. The van der Waals surface area contributed by atoms with Gasteiger partial charge in [0.05, 0.1) is 32.0 Å². The molecule has 0 saturated carbocycles. The molecule has 0 aromatic heterocycles. The summed E-state index contributed by atoms with van der Waals surface area (Å²) < 4.78 is 22.8. The Bertz CT molecular complexity index is 1770. The Morgan fingerprint density at radius 2 is 0.787 bits per heavy atom. The zero-order valence-corrected chi connectivity index (χ0v) is 56.4. The zero-order chi connectivity index (χ0) is 64.5. The summed E-state index contributed by atoms with van der Waals surface area (Å²) in [7, 11) is 0. The third kappa shape index (κ3) is 43.1. The minimum absolute atomic E-state index is 0.245. The second-order valence-electron chi connectivity index (χ2n) is 25.7. The highest BCUT2D eigenvalue weighted by atomic mass is 16.7. The number of allylic oxidation sites excluding steroid dienone is 11. The lowest BCUT2D eigenvalue weighted by Gasteiger charge is -2.46. The van der Waals surface area contributed by atoms with Gasteiger partial charge in [0.15, 0.2) is 12.6 Å². The number of unbranched alkanes of at least 4 members (excludes halogenated alkanes) is 37. The van der Waals surface area contributed by atoms with Gasteiger partial charge in [0.2, 0.25) is 5.91 Å². The van der Waals surface area contributed by atoms with Crippen LogP contribution in [0.5, 0.6) is 0 Å². The van der Waals surface area contributed by atoms with Crippen LogP contribution in [0.3, 0.4) is 0 Å². The Morgan fingerprint density at radius 3 is 1.24 bits per heavy atom. The van der Waals surface area contributed by atoms with Gasteiger partial charge in [-0.15, -0.1) is 0 Å². The van der Waals surface area contributed by atoms with Gasteiger partial charge in [-0.2, -0.15) is 0 Å². The van der Waals surface area contributed by atoms with Crippen LogP contribution < -0.4 is 5.32 Å². The Hall–Kier alpha value is -2.57. The van der Waals surface area contributed by atoms with Crippen molar-refractivity contribution in [2.75, 3.05) is 19.8 Å². The molecular weight excluding hydrogens is 1120 g/mol. The smallest absolute Gasteiger partial charge is 0.220 e. The highest BCUT2D eigenvalue weighted by Crippen LogP contribution is 2.30. The summed E-state index contributed by atoms with van der Waals surface area (Å²) >= 11 is 0. The molecule has 2 aliphatic rings. The number of hydrogen-bond acceptors (Lipinski definition) is 13. The van der Waals surface area contributed by atoms with Crippen LogP contribution in [0.4, 0.5) is 0 Å². The van der Waals surface area contributed by atoms with E-state index >= 15 is 0 Å². The molecule has 14 nitrogen and oxygen atoms in total. The summed E-state index contributed by atoms with van der Waals surface area (Å²) in [6.07, 6.45) is 64.1. The molecule has 2 rings (SSSR count). The van der Waals surface area contributed by atoms with E-state index in [4.69, 9.17) is 18.9 Å². The Balaban J connectivity index is 1.60. The van der Waals surface area contributed by atoms with Gasteiger partial charge in [-0.25, -0.2) is 0 Å². The number of aliphatic hydroxyl groups is 8. The van der Waals surface area contributed by atoms with Crippen molar-refractivity contribution in [3.05, 3.63) is 72.9 Å². The molecule has 12 unspecified atom stereocenters. The molecule has 2 aliphatic heterocycles. The zero-order valence-electron chi connectivity index (χ0n) is 56.4. The maximum absolute atomic E-state index is 13.3. The quantitative estimate of drug-likeness (QED) is 0.0204. The molecule has 89 heavy (non-hydrogen) atoms. The van der Waals surface area contributed by atoms with Crippen molar-refractivity contribution in [2.24, 2.45) is 0 Å². The Kier molecular flexibility index (Phi) is 54.9. The average Bonchev–Trinajstić information content (AvgIpc) is 1.44. The van der Waals surface area contributed by atoms with Crippen LogP contribution in [0.15, 0.2) is 72.9 Å². The van der Waals surface area contributed by atoms with Crippen molar-refractivity contribution in [1.82, 2.24) is 5.32 Å². The molecule has 14 heteroatoms. The first-order valence-electron chi connectivity index (χ1n) is 36.7. The van der Waals surface area contributed by atoms with Crippen molar-refractivity contribution >= 4 is 5.91 Å². The minimum Gasteiger partial charge on any atom is -0.394 e. The fourth-order valence-electron chi connectivity index (χ4n) is 11.8. The average molecular weight is 1260 g/mol. The lowest BCUT2D eigenvalue weighted by Crippen LogP contribution is -2.65. The van der Waals surface area contributed by atoms with Crippen LogP contribution in [-0.4, -0.2) is 140 Å². The second kappa shape index (κ2) is 59.2. The summed E-state index contributed by atoms with van der Waals surface area (Å²) in [6.45, 7) is 2.70. The van der Waals surface area contributed by atoms with Gasteiger partial charge in [0, 0.05) is 6.42 Å². The van der Waals surface area contributed by atoms with E-state index in [0.717, 1.165) is 57.8 Å². The molecule has 1 amide bonds. The van der Waals surface area contributed by atoms with Gasteiger partial charge < -0.3 is 65.1 Å². The lowest BCUT2D eigenvalue weighted by molar-refractivity contribution is -0.359. The maximum atomic E-state index is 13.3. The van der Waals surface area contributed by atoms with E-state index in [1.165, 1.54) is 212 Å². The fourth-order valence-corrected chi connectivity index (χ4v) is 11.8. The van der Waals surface area contributed by atoms with Crippen LogP contribution in [0, 0.1) is 0 Å². The van der Waals surface area contributed by atoms with E-state index < -0.39 is 86.8 Å². The van der Waals surface area contributed by atoms with Gasteiger partial charge in [0.1, 0.15) is 48.8 Å². The molecule has 2 saturated heterocycles.